The molecule has 1 aliphatic rings. The molecule has 1 heterocycles. The number of hydrogen-bond donors (Lipinski definition) is 0. The zero-order valence-corrected chi connectivity index (χ0v) is 10.8. The fourth-order valence-electron chi connectivity index (χ4n) is 2.55. The van der Waals surface area contributed by atoms with Gasteiger partial charge in [0.25, 0.3) is 0 Å². The molecule has 0 N–H and O–H groups in total. The number of likely N-dealkylation sites (N-methyl/N-ethyl adjacent to an activating group) is 1. The minimum absolute atomic E-state index is 0.145. The maximum absolute atomic E-state index is 11.4. The first-order chi connectivity index (χ1) is 7.87. The van der Waals surface area contributed by atoms with Crippen LogP contribution in [0, 0.1) is 0 Å². The third-order valence-electron chi connectivity index (χ3n) is 3.87. The molecule has 0 saturated carbocycles. The summed E-state index contributed by atoms with van der Waals surface area (Å²) in [4.78, 5) is 11.4. The van der Waals surface area contributed by atoms with Crippen LogP contribution in [0.2, 0.25) is 0 Å². The van der Waals surface area contributed by atoms with Crippen molar-refractivity contribution in [3.63, 3.8) is 0 Å². The van der Waals surface area contributed by atoms with Crippen LogP contribution in [0.1, 0.15) is 19.4 Å². The first-order valence-electron chi connectivity index (χ1n) is 5.59. The van der Waals surface area contributed by atoms with E-state index in [1.165, 1.54) is 0 Å². The molecule has 1 aromatic rings. The molecule has 0 fully saturated rings. The Hall–Kier alpha value is -1.61. The van der Waals surface area contributed by atoms with Gasteiger partial charge in [-0.15, -0.1) is 0 Å². The molecule has 1 aliphatic heterocycles. The zero-order valence-electron chi connectivity index (χ0n) is 10.8. The van der Waals surface area contributed by atoms with E-state index in [0.29, 0.717) is 0 Å². The molecule has 2 rings (SSSR count). The minimum atomic E-state index is -0.223. The van der Waals surface area contributed by atoms with Crippen LogP contribution in [0.4, 0.5) is 5.69 Å². The molecule has 1 unspecified atom stereocenters. The Bertz CT molecular complexity index is 505. The number of nitrogens with zero attached hydrogens (tertiary/aromatic N) is 1. The molecule has 0 aliphatic carbocycles. The minimum Gasteiger partial charge on any atom is -0.497 e. The number of carbonyl (C=O) groups is 1. The smallest absolute Gasteiger partial charge is 0.311 e. The lowest BCUT2D eigenvalue weighted by atomic mass is 9.84. The van der Waals surface area contributed by atoms with Crippen LogP contribution < -0.4 is 9.22 Å². The molecule has 1 amide bonds. The van der Waals surface area contributed by atoms with Gasteiger partial charge in [0, 0.05) is 11.6 Å². The second-order valence-corrected chi connectivity index (χ2v) is 5.14. The fourth-order valence-corrected chi connectivity index (χ4v) is 2.55. The second kappa shape index (κ2) is 3.44. The van der Waals surface area contributed by atoms with Crippen LogP contribution in [0.5, 0.6) is 5.75 Å². The van der Waals surface area contributed by atoms with E-state index in [1.807, 2.05) is 25.2 Å². The van der Waals surface area contributed by atoms with Gasteiger partial charge in [-0.1, -0.05) is 0 Å². The van der Waals surface area contributed by atoms with Crippen LogP contribution >= 0.6 is 0 Å². The van der Waals surface area contributed by atoms with Gasteiger partial charge in [0.15, 0.2) is 0 Å². The summed E-state index contributed by atoms with van der Waals surface area (Å²) in [5.41, 5.74) is 2.75. The van der Waals surface area contributed by atoms with Crippen molar-refractivity contribution in [2.24, 2.45) is 0 Å². The summed E-state index contributed by atoms with van der Waals surface area (Å²) < 4.78 is 5.39. The van der Waals surface area contributed by atoms with Crippen molar-refractivity contribution in [1.29, 1.82) is 0 Å². The lowest BCUT2D eigenvalue weighted by Crippen LogP contribution is -2.42. The highest BCUT2D eigenvalue weighted by molar-refractivity contribution is 5.82. The summed E-state index contributed by atoms with van der Waals surface area (Å²) >= 11 is 0. The number of allylic oxidation sites excluding steroid dienone is 1. The molecule has 3 heteroatoms. The lowest BCUT2D eigenvalue weighted by Gasteiger charge is -2.25. The first-order valence-corrected chi connectivity index (χ1v) is 5.59. The zero-order chi connectivity index (χ0) is 12.8. The van der Waals surface area contributed by atoms with Crippen molar-refractivity contribution in [1.82, 2.24) is 4.48 Å². The Labute approximate surface area is 102 Å². The van der Waals surface area contributed by atoms with Crippen LogP contribution in [-0.4, -0.2) is 20.6 Å². The molecular formula is C14H18NO2+. The summed E-state index contributed by atoms with van der Waals surface area (Å²) in [5, 5.41) is 0. The van der Waals surface area contributed by atoms with Gasteiger partial charge in [0.1, 0.15) is 17.1 Å². The average Bonchev–Trinajstić information content (AvgIpc) is 2.49. The van der Waals surface area contributed by atoms with E-state index in [2.05, 4.69) is 20.4 Å². The topological polar surface area (TPSA) is 26.3 Å². The molecule has 1 atom stereocenters. The van der Waals surface area contributed by atoms with Crippen LogP contribution in [0.15, 0.2) is 30.5 Å². The van der Waals surface area contributed by atoms with Crippen LogP contribution in [-0.2, 0) is 10.2 Å². The summed E-state index contributed by atoms with van der Waals surface area (Å²) in [7, 11) is 3.52. The van der Waals surface area contributed by atoms with E-state index in [1.54, 1.807) is 7.11 Å². The van der Waals surface area contributed by atoms with Gasteiger partial charge in [0.05, 0.1) is 19.6 Å². The Morgan fingerprint density at radius 1 is 1.41 bits per heavy atom. The van der Waals surface area contributed by atoms with Gasteiger partial charge in [-0.25, -0.2) is 9.28 Å². The highest BCUT2D eigenvalue weighted by Gasteiger charge is 2.51. The predicted octanol–water partition coefficient (Wildman–Crippen LogP) is 2.59. The van der Waals surface area contributed by atoms with Crippen molar-refractivity contribution in [2.45, 2.75) is 19.3 Å². The van der Waals surface area contributed by atoms with Gasteiger partial charge in [-0.05, 0) is 32.6 Å². The van der Waals surface area contributed by atoms with Crippen LogP contribution in [0.25, 0.3) is 0 Å². The molecule has 17 heavy (non-hydrogen) atoms. The number of fused-ring (bicyclic) bond motifs is 1. The van der Waals surface area contributed by atoms with Gasteiger partial charge in [-0.3, -0.25) is 0 Å². The SMILES string of the molecule is C=C1C(C)(C)c2cc(OC)ccc2[N+]1(C)C=O. The van der Waals surface area contributed by atoms with Gasteiger partial charge >= 0.3 is 6.41 Å². The van der Waals surface area contributed by atoms with E-state index in [9.17, 15) is 4.79 Å². The largest absolute Gasteiger partial charge is 0.497 e. The van der Waals surface area contributed by atoms with Crippen molar-refractivity contribution in [3.05, 3.63) is 36.0 Å². The Morgan fingerprint density at radius 3 is 2.59 bits per heavy atom. The molecule has 0 spiro atoms. The van der Waals surface area contributed by atoms with E-state index in [-0.39, 0.29) is 9.90 Å². The molecule has 3 nitrogen and oxygen atoms in total. The van der Waals surface area contributed by atoms with E-state index in [4.69, 9.17) is 4.74 Å². The monoisotopic (exact) mass is 232 g/mol. The third-order valence-corrected chi connectivity index (χ3v) is 3.87. The quantitative estimate of drug-likeness (QED) is 0.578. The summed E-state index contributed by atoms with van der Waals surface area (Å²) in [6, 6.07) is 5.82. The average molecular weight is 232 g/mol. The number of ether oxygens (including phenoxy) is 1. The standard InChI is InChI=1S/C14H18NO2/c1-10-14(2,3)12-8-11(17-5)6-7-13(12)15(10,4)9-16/h6-9H,1H2,2-5H3/q+1. The van der Waals surface area contributed by atoms with E-state index >= 15 is 0 Å². The van der Waals surface area contributed by atoms with Crippen molar-refractivity contribution < 1.29 is 9.53 Å². The second-order valence-electron chi connectivity index (χ2n) is 5.14. The van der Waals surface area contributed by atoms with Gasteiger partial charge < -0.3 is 4.74 Å². The summed E-state index contributed by atoms with van der Waals surface area (Å²) in [6.07, 6.45) is 0.933. The highest BCUT2D eigenvalue weighted by Crippen LogP contribution is 2.50. The van der Waals surface area contributed by atoms with Crippen molar-refractivity contribution >= 4 is 12.1 Å². The number of carbonyl (C=O) groups excluding carboxylic acids is 1. The highest BCUT2D eigenvalue weighted by atomic mass is 16.5. The number of quaternary nitrogens is 1. The molecule has 0 aromatic heterocycles. The Morgan fingerprint density at radius 2 is 2.06 bits per heavy atom. The molecule has 0 radical (unpaired) electrons. The fraction of sp³-hybridized carbons (Fsp3) is 0.357. The molecule has 0 saturated heterocycles. The number of rotatable bonds is 2. The molecule has 1 aromatic carbocycles. The normalized spacial score (nSPS) is 25.5. The molecular weight excluding hydrogens is 214 g/mol. The first kappa shape index (κ1) is 11.9. The van der Waals surface area contributed by atoms with E-state index < -0.39 is 0 Å². The maximum atomic E-state index is 11.4. The maximum Gasteiger partial charge on any atom is 0.311 e. The number of amides is 1. The van der Waals surface area contributed by atoms with Crippen molar-refractivity contribution in [3.8, 4) is 5.75 Å². The lowest BCUT2D eigenvalue weighted by molar-refractivity contribution is -0.115. The van der Waals surface area contributed by atoms with Crippen LogP contribution in [0.3, 0.4) is 0 Å². The number of benzene rings is 1. The predicted molar refractivity (Wildman–Crippen MR) is 68.9 cm³/mol. The number of methoxy groups -OCH3 is 1. The summed E-state index contributed by atoms with van der Waals surface area (Å²) in [6.45, 7) is 8.27. The van der Waals surface area contributed by atoms with E-state index in [0.717, 1.165) is 29.1 Å². The Kier molecular flexibility index (Phi) is 2.40. The summed E-state index contributed by atoms with van der Waals surface area (Å²) in [5.74, 6) is 0.809. The third kappa shape index (κ3) is 1.35. The molecule has 90 valence electrons. The Balaban J connectivity index is 2.74. The van der Waals surface area contributed by atoms with Gasteiger partial charge in [-0.2, -0.15) is 0 Å². The number of hydrogen-bond acceptors (Lipinski definition) is 2. The molecule has 0 bridgehead atoms. The van der Waals surface area contributed by atoms with Crippen molar-refractivity contribution in [2.75, 3.05) is 14.2 Å². The van der Waals surface area contributed by atoms with Gasteiger partial charge in [0.2, 0.25) is 0 Å².